The number of non-ortho nitro benzene ring substituents is 1. The van der Waals surface area contributed by atoms with E-state index in [1.807, 2.05) is 0 Å². The number of benzene rings is 2. The zero-order valence-electron chi connectivity index (χ0n) is 14.0. The fraction of sp³-hybridized carbons (Fsp3) is 0.111. The third-order valence-corrected chi connectivity index (χ3v) is 3.86. The molecule has 2 aromatic carbocycles. The van der Waals surface area contributed by atoms with E-state index in [4.69, 9.17) is 16.9 Å². The molecule has 0 aromatic heterocycles. The molecule has 0 heterocycles. The molecule has 0 saturated carbocycles. The Morgan fingerprint density at radius 3 is 2.63 bits per heavy atom. The molecule has 0 fully saturated rings. The van der Waals surface area contributed by atoms with Crippen molar-refractivity contribution in [1.82, 2.24) is 5.32 Å². The van der Waals surface area contributed by atoms with Crippen LogP contribution in [-0.4, -0.2) is 22.5 Å². The molecule has 0 aliphatic heterocycles. The molecular formula is C18H15ClN4O4. The molecule has 9 heteroatoms. The first-order valence-corrected chi connectivity index (χ1v) is 8.15. The van der Waals surface area contributed by atoms with Crippen LogP contribution < -0.4 is 10.6 Å². The van der Waals surface area contributed by atoms with E-state index in [1.165, 1.54) is 18.2 Å². The second-order valence-electron chi connectivity index (χ2n) is 5.41. The molecule has 0 spiro atoms. The molecule has 2 rings (SSSR count). The van der Waals surface area contributed by atoms with Crippen molar-refractivity contribution in [2.45, 2.75) is 6.42 Å². The molecule has 1 amide bonds. The van der Waals surface area contributed by atoms with Crippen molar-refractivity contribution in [3.05, 3.63) is 74.9 Å². The first-order valence-electron chi connectivity index (χ1n) is 7.77. The summed E-state index contributed by atoms with van der Waals surface area (Å²) in [4.78, 5) is 22.3. The lowest BCUT2D eigenvalue weighted by Crippen LogP contribution is -2.27. The van der Waals surface area contributed by atoms with Gasteiger partial charge >= 0.3 is 0 Å². The van der Waals surface area contributed by atoms with Crippen LogP contribution >= 0.6 is 11.6 Å². The zero-order valence-corrected chi connectivity index (χ0v) is 14.7. The lowest BCUT2D eigenvalue weighted by atomic mass is 10.1. The van der Waals surface area contributed by atoms with Gasteiger partial charge < -0.3 is 15.7 Å². The van der Waals surface area contributed by atoms with Crippen LogP contribution in [0.5, 0.6) is 5.75 Å². The Kier molecular flexibility index (Phi) is 6.74. The van der Waals surface area contributed by atoms with E-state index in [2.05, 4.69) is 10.6 Å². The topological polar surface area (TPSA) is 128 Å². The number of amides is 1. The average Bonchev–Trinajstić information content (AvgIpc) is 2.65. The number of aromatic hydroxyl groups is 1. The number of rotatable bonds is 7. The summed E-state index contributed by atoms with van der Waals surface area (Å²) in [5, 5.41) is 34.6. The van der Waals surface area contributed by atoms with Gasteiger partial charge in [-0.05, 0) is 30.2 Å². The minimum absolute atomic E-state index is 0.156. The number of halogens is 1. The monoisotopic (exact) mass is 386 g/mol. The van der Waals surface area contributed by atoms with Crippen molar-refractivity contribution >= 4 is 28.9 Å². The molecule has 0 radical (unpaired) electrons. The summed E-state index contributed by atoms with van der Waals surface area (Å²) in [7, 11) is 0. The van der Waals surface area contributed by atoms with Gasteiger partial charge in [0.15, 0.2) is 0 Å². The van der Waals surface area contributed by atoms with E-state index in [0.29, 0.717) is 13.0 Å². The number of nitrogens with zero attached hydrogens (tertiary/aromatic N) is 2. The highest BCUT2D eigenvalue weighted by Gasteiger charge is 2.11. The van der Waals surface area contributed by atoms with Gasteiger partial charge in [-0.15, -0.1) is 0 Å². The largest absolute Gasteiger partial charge is 0.508 e. The van der Waals surface area contributed by atoms with Crippen LogP contribution in [-0.2, 0) is 11.2 Å². The van der Waals surface area contributed by atoms with Crippen molar-refractivity contribution in [3.8, 4) is 11.8 Å². The predicted octanol–water partition coefficient (Wildman–Crippen LogP) is 3.13. The van der Waals surface area contributed by atoms with Crippen LogP contribution in [0.25, 0.3) is 0 Å². The Balaban J connectivity index is 1.98. The van der Waals surface area contributed by atoms with Gasteiger partial charge in [-0.3, -0.25) is 14.9 Å². The quantitative estimate of drug-likeness (QED) is 0.290. The Morgan fingerprint density at radius 2 is 2.00 bits per heavy atom. The van der Waals surface area contributed by atoms with Crippen LogP contribution in [0.3, 0.4) is 0 Å². The van der Waals surface area contributed by atoms with Gasteiger partial charge in [0.1, 0.15) is 17.4 Å². The van der Waals surface area contributed by atoms with Gasteiger partial charge in [-0.2, -0.15) is 5.26 Å². The van der Waals surface area contributed by atoms with E-state index in [0.717, 1.165) is 11.8 Å². The average molecular weight is 387 g/mol. The highest BCUT2D eigenvalue weighted by Crippen LogP contribution is 2.26. The highest BCUT2D eigenvalue weighted by molar-refractivity contribution is 6.33. The SMILES string of the molecule is N#C/C(=C/Nc1cc([N+](=O)[O-])ccc1Cl)C(=O)NCCc1ccc(O)cc1. The molecule has 0 aliphatic rings. The van der Waals surface area contributed by atoms with Crippen LogP contribution in [0.1, 0.15) is 5.56 Å². The lowest BCUT2D eigenvalue weighted by molar-refractivity contribution is -0.384. The Morgan fingerprint density at radius 1 is 1.30 bits per heavy atom. The zero-order chi connectivity index (χ0) is 19.8. The standard InChI is InChI=1S/C18H15ClN4O4/c19-16-6-3-14(23(26)27)9-17(16)22-11-13(10-20)18(25)21-8-7-12-1-4-15(24)5-2-12/h1-6,9,11,22,24H,7-8H2,(H,21,25)/b13-11-. The predicted molar refractivity (Wildman–Crippen MR) is 100 cm³/mol. The van der Waals surface area contributed by atoms with E-state index in [1.54, 1.807) is 30.3 Å². The van der Waals surface area contributed by atoms with Gasteiger partial charge in [0.25, 0.3) is 11.6 Å². The summed E-state index contributed by atoms with van der Waals surface area (Å²) in [6.07, 6.45) is 1.66. The lowest BCUT2D eigenvalue weighted by Gasteiger charge is -2.07. The molecule has 8 nitrogen and oxygen atoms in total. The minimum atomic E-state index is -0.592. The maximum absolute atomic E-state index is 12.1. The second kappa shape index (κ2) is 9.22. The Bertz CT molecular complexity index is 920. The van der Waals surface area contributed by atoms with Crippen molar-refractivity contribution in [2.75, 3.05) is 11.9 Å². The fourth-order valence-electron chi connectivity index (χ4n) is 2.11. The van der Waals surface area contributed by atoms with Gasteiger partial charge in [0.2, 0.25) is 0 Å². The minimum Gasteiger partial charge on any atom is -0.508 e. The fourth-order valence-corrected chi connectivity index (χ4v) is 2.29. The van der Waals surface area contributed by atoms with Gasteiger partial charge in [0.05, 0.1) is 15.6 Å². The summed E-state index contributed by atoms with van der Waals surface area (Å²) in [6, 6.07) is 12.1. The third kappa shape index (κ3) is 5.73. The summed E-state index contributed by atoms with van der Waals surface area (Å²) >= 11 is 5.95. The van der Waals surface area contributed by atoms with Crippen LogP contribution in [0, 0.1) is 21.4 Å². The number of anilines is 1. The summed E-state index contributed by atoms with van der Waals surface area (Å²) in [6.45, 7) is 0.292. The number of phenols is 1. The highest BCUT2D eigenvalue weighted by atomic mass is 35.5. The van der Waals surface area contributed by atoms with E-state index >= 15 is 0 Å². The number of phenolic OH excluding ortho intramolecular Hbond substituents is 1. The maximum Gasteiger partial charge on any atom is 0.271 e. The van der Waals surface area contributed by atoms with E-state index in [9.17, 15) is 20.0 Å². The smallest absolute Gasteiger partial charge is 0.271 e. The summed E-state index contributed by atoms with van der Waals surface area (Å²) in [5.74, 6) is -0.436. The molecular weight excluding hydrogens is 372 g/mol. The number of hydrogen-bond donors (Lipinski definition) is 3. The van der Waals surface area contributed by atoms with E-state index in [-0.39, 0.29) is 27.7 Å². The third-order valence-electron chi connectivity index (χ3n) is 3.53. The number of carbonyl (C=O) groups excluding carboxylic acids is 1. The number of nitriles is 1. The van der Waals surface area contributed by atoms with Crippen molar-refractivity contribution in [3.63, 3.8) is 0 Å². The van der Waals surface area contributed by atoms with Crippen molar-refractivity contribution < 1.29 is 14.8 Å². The molecule has 3 N–H and O–H groups in total. The Labute approximate surface area is 159 Å². The second-order valence-corrected chi connectivity index (χ2v) is 5.81. The molecule has 0 unspecified atom stereocenters. The Hall–Kier alpha value is -3.57. The molecule has 0 saturated heterocycles. The molecule has 0 aliphatic carbocycles. The normalized spacial score (nSPS) is 10.7. The summed E-state index contributed by atoms with van der Waals surface area (Å²) < 4.78 is 0. The van der Waals surface area contributed by atoms with Gasteiger partial charge in [0, 0.05) is 24.9 Å². The first kappa shape index (κ1) is 19.8. The maximum atomic E-state index is 12.1. The molecule has 0 bridgehead atoms. The molecule has 138 valence electrons. The van der Waals surface area contributed by atoms with E-state index < -0.39 is 10.8 Å². The number of hydrogen-bond acceptors (Lipinski definition) is 6. The van der Waals surface area contributed by atoms with Gasteiger partial charge in [-0.25, -0.2) is 0 Å². The van der Waals surface area contributed by atoms with Crippen molar-refractivity contribution in [1.29, 1.82) is 5.26 Å². The number of nitro benzene ring substituents is 1. The number of nitro groups is 1. The van der Waals surface area contributed by atoms with Crippen LogP contribution in [0.15, 0.2) is 54.2 Å². The number of carbonyl (C=O) groups is 1. The first-order chi connectivity index (χ1) is 12.9. The van der Waals surface area contributed by atoms with Crippen molar-refractivity contribution in [2.24, 2.45) is 0 Å². The van der Waals surface area contributed by atoms with Crippen LogP contribution in [0.4, 0.5) is 11.4 Å². The number of nitrogens with one attached hydrogen (secondary N) is 2. The van der Waals surface area contributed by atoms with Crippen LogP contribution in [0.2, 0.25) is 5.02 Å². The molecule has 27 heavy (non-hydrogen) atoms. The summed E-state index contributed by atoms with van der Waals surface area (Å²) in [5.41, 5.74) is 0.739. The van der Waals surface area contributed by atoms with Gasteiger partial charge in [-0.1, -0.05) is 23.7 Å². The molecule has 0 atom stereocenters. The molecule has 2 aromatic rings.